The van der Waals surface area contributed by atoms with Crippen molar-refractivity contribution >= 4 is 55.7 Å². The Balaban J connectivity index is 1.55. The lowest BCUT2D eigenvalue weighted by atomic mass is 9.94. The number of halogens is 1. The highest BCUT2D eigenvalue weighted by Gasteiger charge is 2.48. The highest BCUT2D eigenvalue weighted by atomic mass is 35.5. The average Bonchev–Trinajstić information content (AvgIpc) is 3.59. The lowest BCUT2D eigenvalue weighted by molar-refractivity contribution is -0.132. The van der Waals surface area contributed by atoms with Crippen molar-refractivity contribution in [3.63, 3.8) is 0 Å². The highest BCUT2D eigenvalue weighted by Crippen LogP contribution is 2.46. The Labute approximate surface area is 233 Å². The van der Waals surface area contributed by atoms with Gasteiger partial charge in [-0.05, 0) is 66.6 Å². The highest BCUT2D eigenvalue weighted by molar-refractivity contribution is 7.22. The summed E-state index contributed by atoms with van der Waals surface area (Å²) in [7, 11) is 3.03. The van der Waals surface area contributed by atoms with Crippen LogP contribution >= 0.6 is 22.9 Å². The Morgan fingerprint density at radius 1 is 1.08 bits per heavy atom. The molecule has 1 fully saturated rings. The first-order chi connectivity index (χ1) is 18.8. The second kappa shape index (κ2) is 9.59. The number of carbonyl (C=O) groups is 2. The van der Waals surface area contributed by atoms with Crippen LogP contribution in [-0.2, 0) is 16.0 Å². The molecule has 2 aliphatic heterocycles. The van der Waals surface area contributed by atoms with Gasteiger partial charge in [-0.1, -0.05) is 29.0 Å². The molecular weight excluding hydrogens is 540 g/mol. The van der Waals surface area contributed by atoms with Crippen molar-refractivity contribution in [3.05, 3.63) is 81.9 Å². The zero-order valence-electron chi connectivity index (χ0n) is 21.2. The van der Waals surface area contributed by atoms with Crippen molar-refractivity contribution in [3.8, 4) is 17.2 Å². The Bertz CT molecular complexity index is 1700. The molecule has 8 nitrogen and oxygen atoms in total. The molecule has 10 heteroatoms. The second-order valence-corrected chi connectivity index (χ2v) is 10.8. The first-order valence-corrected chi connectivity index (χ1v) is 13.4. The number of fused-ring (bicyclic) bond motifs is 2. The number of methoxy groups -OCH3 is 2. The van der Waals surface area contributed by atoms with Gasteiger partial charge in [0.2, 0.25) is 0 Å². The molecule has 198 valence electrons. The zero-order chi connectivity index (χ0) is 27.4. The molecule has 0 radical (unpaired) electrons. The van der Waals surface area contributed by atoms with Gasteiger partial charge in [0.25, 0.3) is 5.78 Å². The summed E-state index contributed by atoms with van der Waals surface area (Å²) >= 11 is 7.41. The number of aromatic nitrogens is 1. The fraction of sp³-hybridized carbons (Fsp3) is 0.207. The van der Waals surface area contributed by atoms with Crippen molar-refractivity contribution in [2.45, 2.75) is 25.5 Å². The van der Waals surface area contributed by atoms with Gasteiger partial charge in [-0.3, -0.25) is 14.5 Å². The van der Waals surface area contributed by atoms with Crippen molar-refractivity contribution in [1.29, 1.82) is 0 Å². The SMILES string of the molecule is COc1ccc([C@H]2/C(=C(\O)c3ccc4c(c3)C[C@@H](C)O4)C(=O)C(=O)N2c2nc3ccc(Cl)cc3s2)cc1OC. The number of ether oxygens (including phenoxy) is 3. The second-order valence-electron chi connectivity index (χ2n) is 9.35. The van der Waals surface area contributed by atoms with E-state index in [4.69, 9.17) is 25.8 Å². The van der Waals surface area contributed by atoms with Gasteiger partial charge >= 0.3 is 5.91 Å². The first kappa shape index (κ1) is 25.2. The van der Waals surface area contributed by atoms with Crippen LogP contribution in [0.3, 0.4) is 0 Å². The predicted molar refractivity (Wildman–Crippen MR) is 149 cm³/mol. The minimum Gasteiger partial charge on any atom is -0.507 e. The summed E-state index contributed by atoms with van der Waals surface area (Å²) in [6.45, 7) is 1.97. The lowest BCUT2D eigenvalue weighted by Gasteiger charge is -2.23. The maximum atomic E-state index is 13.6. The van der Waals surface area contributed by atoms with Crippen LogP contribution in [0, 0.1) is 0 Å². The standard InChI is InChI=1S/C29H23ClN2O6S/c1-14-10-17-11-16(5-8-20(17)38-14)26(33)24-25(15-4-9-21(36-2)22(12-15)37-3)32(28(35)27(24)34)29-31-19-7-6-18(30)13-23(19)39-29/h4-9,11-14,25,33H,10H2,1-3H3/b26-24+/t14-,25+/m1/s1. The van der Waals surface area contributed by atoms with Crippen molar-refractivity contribution in [2.24, 2.45) is 0 Å². The summed E-state index contributed by atoms with van der Waals surface area (Å²) in [6, 6.07) is 14.6. The van der Waals surface area contributed by atoms with Gasteiger partial charge in [0, 0.05) is 17.0 Å². The van der Waals surface area contributed by atoms with E-state index < -0.39 is 17.7 Å². The molecule has 6 rings (SSSR count). The average molecular weight is 563 g/mol. The smallest absolute Gasteiger partial charge is 0.301 e. The summed E-state index contributed by atoms with van der Waals surface area (Å²) in [5, 5.41) is 12.4. The quantitative estimate of drug-likeness (QED) is 0.183. The Hall–Kier alpha value is -4.08. The van der Waals surface area contributed by atoms with E-state index in [2.05, 4.69) is 4.98 Å². The van der Waals surface area contributed by atoms with Crippen LogP contribution in [-0.4, -0.2) is 42.1 Å². The van der Waals surface area contributed by atoms with Gasteiger partial charge in [-0.2, -0.15) is 0 Å². The maximum Gasteiger partial charge on any atom is 0.301 e. The Kier molecular flexibility index (Phi) is 6.20. The number of nitrogens with zero attached hydrogens (tertiary/aromatic N) is 2. The number of aliphatic hydroxyl groups excluding tert-OH is 1. The van der Waals surface area contributed by atoms with E-state index in [-0.39, 0.29) is 17.4 Å². The van der Waals surface area contributed by atoms with E-state index in [1.807, 2.05) is 6.92 Å². The number of anilines is 1. The molecule has 1 aromatic heterocycles. The number of amides is 1. The number of thiazole rings is 1. The van der Waals surface area contributed by atoms with Crippen LogP contribution in [0.2, 0.25) is 5.02 Å². The molecule has 0 saturated carbocycles. The van der Waals surface area contributed by atoms with Gasteiger partial charge in [-0.15, -0.1) is 0 Å². The van der Waals surface area contributed by atoms with E-state index in [0.717, 1.165) is 16.0 Å². The minimum atomic E-state index is -0.968. The molecule has 0 spiro atoms. The lowest BCUT2D eigenvalue weighted by Crippen LogP contribution is -2.29. The van der Waals surface area contributed by atoms with Crippen LogP contribution < -0.4 is 19.1 Å². The van der Waals surface area contributed by atoms with Crippen LogP contribution in [0.15, 0.2) is 60.2 Å². The van der Waals surface area contributed by atoms with Crippen LogP contribution in [0.5, 0.6) is 17.2 Å². The van der Waals surface area contributed by atoms with Crippen molar-refractivity contribution in [1.82, 2.24) is 4.98 Å². The molecule has 0 aliphatic carbocycles. The Morgan fingerprint density at radius 2 is 1.87 bits per heavy atom. The molecule has 1 amide bonds. The summed E-state index contributed by atoms with van der Waals surface area (Å²) in [5.74, 6) is -0.235. The number of Topliss-reactive ketones (excluding diaryl/α,β-unsaturated/α-hetero) is 1. The van der Waals surface area contributed by atoms with Crippen LogP contribution in [0.1, 0.15) is 29.7 Å². The topological polar surface area (TPSA) is 98.2 Å². The molecule has 2 aliphatic rings. The Morgan fingerprint density at radius 3 is 2.64 bits per heavy atom. The number of hydrogen-bond acceptors (Lipinski definition) is 8. The number of carbonyl (C=O) groups excluding carboxylic acids is 2. The molecule has 0 bridgehead atoms. The van der Waals surface area contributed by atoms with Crippen LogP contribution in [0.25, 0.3) is 16.0 Å². The summed E-state index contributed by atoms with van der Waals surface area (Å²) in [4.78, 5) is 33.1. The first-order valence-electron chi connectivity index (χ1n) is 12.2. The van der Waals surface area contributed by atoms with E-state index in [0.29, 0.717) is 44.7 Å². The summed E-state index contributed by atoms with van der Waals surface area (Å²) in [5.41, 5.74) is 2.48. The van der Waals surface area contributed by atoms with E-state index in [1.54, 1.807) is 54.6 Å². The normalized spacial score (nSPS) is 19.8. The number of ketones is 1. The minimum absolute atomic E-state index is 0.0160. The van der Waals surface area contributed by atoms with E-state index in [1.165, 1.54) is 30.5 Å². The number of hydrogen-bond donors (Lipinski definition) is 1. The number of rotatable bonds is 5. The third-order valence-electron chi connectivity index (χ3n) is 6.88. The fourth-order valence-electron chi connectivity index (χ4n) is 5.08. The molecule has 4 aromatic rings. The molecule has 3 heterocycles. The molecule has 1 saturated heterocycles. The maximum absolute atomic E-state index is 13.6. The molecule has 39 heavy (non-hydrogen) atoms. The van der Waals surface area contributed by atoms with Gasteiger partial charge < -0.3 is 19.3 Å². The van der Waals surface area contributed by atoms with Gasteiger partial charge in [0.1, 0.15) is 17.6 Å². The fourth-order valence-corrected chi connectivity index (χ4v) is 6.35. The third kappa shape index (κ3) is 4.18. The largest absolute Gasteiger partial charge is 0.507 e. The van der Waals surface area contributed by atoms with E-state index in [9.17, 15) is 14.7 Å². The molecule has 1 N–H and O–H groups in total. The van der Waals surface area contributed by atoms with Gasteiger partial charge in [0.15, 0.2) is 16.6 Å². The molecule has 0 unspecified atom stereocenters. The van der Waals surface area contributed by atoms with Gasteiger partial charge in [0.05, 0.1) is 36.1 Å². The summed E-state index contributed by atoms with van der Waals surface area (Å²) in [6.07, 6.45) is 0.695. The van der Waals surface area contributed by atoms with Gasteiger partial charge in [-0.25, -0.2) is 4.98 Å². The zero-order valence-corrected chi connectivity index (χ0v) is 22.8. The summed E-state index contributed by atoms with van der Waals surface area (Å²) < 4.78 is 17.4. The third-order valence-corrected chi connectivity index (χ3v) is 8.14. The molecule has 2 atom stereocenters. The molecule has 3 aromatic carbocycles. The van der Waals surface area contributed by atoms with Crippen LogP contribution in [0.4, 0.5) is 5.13 Å². The predicted octanol–water partition coefficient (Wildman–Crippen LogP) is 5.92. The van der Waals surface area contributed by atoms with Crippen molar-refractivity contribution < 1.29 is 28.9 Å². The molecular formula is C29H23ClN2O6S. The monoisotopic (exact) mass is 562 g/mol. The number of aliphatic hydroxyl groups is 1. The number of benzene rings is 3. The van der Waals surface area contributed by atoms with E-state index >= 15 is 0 Å². The van der Waals surface area contributed by atoms with Crippen molar-refractivity contribution in [2.75, 3.05) is 19.1 Å².